The molecule has 5 nitrogen and oxygen atoms in total. The van der Waals surface area contributed by atoms with E-state index in [0.717, 1.165) is 5.69 Å². The van der Waals surface area contributed by atoms with Crippen LogP contribution in [0.5, 0.6) is 0 Å². The minimum absolute atomic E-state index is 0.0722. The van der Waals surface area contributed by atoms with Gasteiger partial charge in [-0.15, -0.1) is 0 Å². The van der Waals surface area contributed by atoms with Crippen molar-refractivity contribution < 1.29 is 4.84 Å². The van der Waals surface area contributed by atoms with Gasteiger partial charge < -0.3 is 4.84 Å². The van der Waals surface area contributed by atoms with Gasteiger partial charge in [-0.05, 0) is 12.8 Å². The van der Waals surface area contributed by atoms with Crippen LogP contribution in [-0.2, 0) is 11.9 Å². The minimum atomic E-state index is -0.0722. The number of rotatable bonds is 3. The van der Waals surface area contributed by atoms with E-state index in [9.17, 15) is 4.79 Å². The molecular formula is C10H17N3O2. The molecule has 1 aromatic rings. The molecule has 0 spiro atoms. The Bertz CT molecular complexity index is 426. The van der Waals surface area contributed by atoms with Gasteiger partial charge in [-0.1, -0.05) is 19.0 Å². The van der Waals surface area contributed by atoms with E-state index < -0.39 is 0 Å². The number of aromatic nitrogens is 2. The molecule has 0 unspecified atom stereocenters. The Morgan fingerprint density at radius 2 is 2.13 bits per heavy atom. The molecule has 0 radical (unpaired) electrons. The average Bonchev–Trinajstić information content (AvgIpc) is 2.44. The number of hydrogen-bond donors (Lipinski definition) is 1. The molecule has 0 saturated heterocycles. The molecule has 15 heavy (non-hydrogen) atoms. The lowest BCUT2D eigenvalue weighted by Gasteiger charge is -2.04. The minimum Gasteiger partial charge on any atom is -0.399 e. The van der Waals surface area contributed by atoms with Crippen LogP contribution in [0.1, 0.15) is 37.9 Å². The number of H-pyrrole nitrogens is 1. The molecule has 0 amide bonds. The zero-order chi connectivity index (χ0) is 11.6. The third-order valence-corrected chi connectivity index (χ3v) is 2.24. The standard InChI is InChI=1S/C10H17N3O2/c1-6(2)9-8(7(3)12-15-5)10(14)13(4)11-9/h6,11H,1-5H3/b12-7+. The van der Waals surface area contributed by atoms with E-state index in [1.807, 2.05) is 13.8 Å². The fourth-order valence-corrected chi connectivity index (χ4v) is 1.52. The highest BCUT2D eigenvalue weighted by Crippen LogP contribution is 2.14. The molecule has 0 aromatic carbocycles. The molecule has 1 heterocycles. The smallest absolute Gasteiger partial charge is 0.275 e. The van der Waals surface area contributed by atoms with Crippen LogP contribution < -0.4 is 5.56 Å². The Morgan fingerprint density at radius 1 is 1.53 bits per heavy atom. The first-order chi connectivity index (χ1) is 6.99. The first-order valence-electron chi connectivity index (χ1n) is 4.86. The van der Waals surface area contributed by atoms with E-state index in [4.69, 9.17) is 0 Å². The van der Waals surface area contributed by atoms with E-state index in [-0.39, 0.29) is 11.5 Å². The van der Waals surface area contributed by atoms with E-state index in [1.54, 1.807) is 14.0 Å². The van der Waals surface area contributed by atoms with Gasteiger partial charge in [0.25, 0.3) is 5.56 Å². The maximum absolute atomic E-state index is 11.8. The average molecular weight is 211 g/mol. The molecule has 0 aliphatic rings. The van der Waals surface area contributed by atoms with E-state index >= 15 is 0 Å². The van der Waals surface area contributed by atoms with Gasteiger partial charge >= 0.3 is 0 Å². The van der Waals surface area contributed by atoms with Gasteiger partial charge in [-0.3, -0.25) is 14.6 Å². The van der Waals surface area contributed by atoms with Crippen molar-refractivity contribution in [3.8, 4) is 0 Å². The summed E-state index contributed by atoms with van der Waals surface area (Å²) in [6.07, 6.45) is 0. The highest BCUT2D eigenvalue weighted by Gasteiger charge is 2.17. The maximum Gasteiger partial charge on any atom is 0.275 e. The third kappa shape index (κ3) is 2.11. The highest BCUT2D eigenvalue weighted by atomic mass is 16.6. The first-order valence-corrected chi connectivity index (χ1v) is 4.86. The normalized spacial score (nSPS) is 12.3. The topological polar surface area (TPSA) is 59.4 Å². The summed E-state index contributed by atoms with van der Waals surface area (Å²) in [7, 11) is 3.16. The van der Waals surface area contributed by atoms with Crippen LogP contribution in [0.2, 0.25) is 0 Å². The summed E-state index contributed by atoms with van der Waals surface area (Å²) in [5.74, 6) is 0.246. The molecule has 5 heteroatoms. The molecule has 0 aliphatic heterocycles. The predicted octanol–water partition coefficient (Wildman–Crippen LogP) is 1.21. The fraction of sp³-hybridized carbons (Fsp3) is 0.600. The van der Waals surface area contributed by atoms with Crippen molar-refractivity contribution in [2.45, 2.75) is 26.7 Å². The summed E-state index contributed by atoms with van der Waals surface area (Å²) in [5, 5.41) is 6.81. The van der Waals surface area contributed by atoms with Crippen LogP contribution in [0.15, 0.2) is 9.95 Å². The van der Waals surface area contributed by atoms with Crippen LogP contribution in [0, 0.1) is 0 Å². The van der Waals surface area contributed by atoms with Crippen molar-refractivity contribution in [1.82, 2.24) is 9.78 Å². The van der Waals surface area contributed by atoms with Crippen molar-refractivity contribution in [3.63, 3.8) is 0 Å². The summed E-state index contributed by atoms with van der Waals surface area (Å²) < 4.78 is 1.46. The fourth-order valence-electron chi connectivity index (χ4n) is 1.52. The Hall–Kier alpha value is -1.52. The zero-order valence-electron chi connectivity index (χ0n) is 9.79. The molecule has 1 rings (SSSR count). The number of aromatic amines is 1. The van der Waals surface area contributed by atoms with Gasteiger partial charge in [0.1, 0.15) is 7.11 Å². The monoisotopic (exact) mass is 211 g/mol. The molecule has 1 N–H and O–H groups in total. The van der Waals surface area contributed by atoms with Crippen LogP contribution >= 0.6 is 0 Å². The number of aryl methyl sites for hydroxylation is 1. The molecule has 0 saturated carbocycles. The summed E-state index contributed by atoms with van der Waals surface area (Å²) in [4.78, 5) is 16.5. The van der Waals surface area contributed by atoms with Crippen molar-refractivity contribution >= 4 is 5.71 Å². The molecule has 0 fully saturated rings. The van der Waals surface area contributed by atoms with E-state index in [0.29, 0.717) is 11.3 Å². The second kappa shape index (κ2) is 4.33. The molecule has 84 valence electrons. The Labute approximate surface area is 88.7 Å². The highest BCUT2D eigenvalue weighted by molar-refractivity contribution is 5.99. The second-order valence-corrected chi connectivity index (χ2v) is 3.78. The molecule has 0 bridgehead atoms. The van der Waals surface area contributed by atoms with Crippen molar-refractivity contribution in [2.75, 3.05) is 7.11 Å². The number of oxime groups is 1. The van der Waals surface area contributed by atoms with Crippen LogP contribution in [0.4, 0.5) is 0 Å². The number of nitrogens with one attached hydrogen (secondary N) is 1. The SMILES string of the molecule is CO/N=C(\C)c1c(C(C)C)[nH]n(C)c1=O. The van der Waals surface area contributed by atoms with Gasteiger partial charge in [-0.25, -0.2) is 0 Å². The van der Waals surface area contributed by atoms with Gasteiger partial charge in [-0.2, -0.15) is 0 Å². The van der Waals surface area contributed by atoms with Crippen LogP contribution in [-0.4, -0.2) is 22.6 Å². The largest absolute Gasteiger partial charge is 0.399 e. The van der Waals surface area contributed by atoms with Gasteiger partial charge in [0.15, 0.2) is 0 Å². The van der Waals surface area contributed by atoms with Crippen molar-refractivity contribution in [2.24, 2.45) is 12.2 Å². The Balaban J connectivity index is 3.38. The number of nitrogens with zero attached hydrogens (tertiary/aromatic N) is 2. The summed E-state index contributed by atoms with van der Waals surface area (Å²) >= 11 is 0. The summed E-state index contributed by atoms with van der Waals surface area (Å²) in [6.45, 7) is 5.81. The molecular weight excluding hydrogens is 194 g/mol. The van der Waals surface area contributed by atoms with E-state index in [2.05, 4.69) is 15.1 Å². The molecule has 0 aliphatic carbocycles. The first kappa shape index (κ1) is 11.6. The molecule has 0 atom stereocenters. The lowest BCUT2D eigenvalue weighted by molar-refractivity contribution is 0.213. The van der Waals surface area contributed by atoms with Gasteiger partial charge in [0, 0.05) is 12.7 Å². The summed E-state index contributed by atoms with van der Waals surface area (Å²) in [5.41, 5.74) is 2.02. The van der Waals surface area contributed by atoms with Crippen LogP contribution in [0.3, 0.4) is 0 Å². The predicted molar refractivity (Wildman–Crippen MR) is 59.3 cm³/mol. The lowest BCUT2D eigenvalue weighted by atomic mass is 10.0. The second-order valence-electron chi connectivity index (χ2n) is 3.78. The van der Waals surface area contributed by atoms with Crippen molar-refractivity contribution in [1.29, 1.82) is 0 Å². The Morgan fingerprint density at radius 3 is 2.60 bits per heavy atom. The summed E-state index contributed by atoms with van der Waals surface area (Å²) in [6, 6.07) is 0. The van der Waals surface area contributed by atoms with Crippen LogP contribution in [0.25, 0.3) is 0 Å². The lowest BCUT2D eigenvalue weighted by Crippen LogP contribution is -2.18. The zero-order valence-corrected chi connectivity index (χ0v) is 9.79. The van der Waals surface area contributed by atoms with Crippen molar-refractivity contribution in [3.05, 3.63) is 21.6 Å². The maximum atomic E-state index is 11.8. The van der Waals surface area contributed by atoms with E-state index in [1.165, 1.54) is 11.8 Å². The third-order valence-electron chi connectivity index (χ3n) is 2.24. The number of hydrogen-bond acceptors (Lipinski definition) is 3. The van der Waals surface area contributed by atoms with Gasteiger partial charge in [0.2, 0.25) is 0 Å². The van der Waals surface area contributed by atoms with Gasteiger partial charge in [0.05, 0.1) is 11.3 Å². The Kier molecular flexibility index (Phi) is 3.34. The molecule has 1 aromatic heterocycles. The quantitative estimate of drug-likeness (QED) is 0.603.